The molecule has 2 unspecified atom stereocenters. The highest BCUT2D eigenvalue weighted by molar-refractivity contribution is 5.73. The van der Waals surface area contributed by atoms with E-state index in [1.807, 2.05) is 17.0 Å². The van der Waals surface area contributed by atoms with Crippen LogP contribution in [0.3, 0.4) is 0 Å². The lowest BCUT2D eigenvalue weighted by atomic mass is 9.73. The van der Waals surface area contributed by atoms with Gasteiger partial charge in [0.05, 0.1) is 42.0 Å². The van der Waals surface area contributed by atoms with E-state index in [1.54, 1.807) is 18.2 Å². The van der Waals surface area contributed by atoms with Gasteiger partial charge in [-0.2, -0.15) is 26.3 Å². The average Bonchev–Trinajstić information content (AvgIpc) is 2.82. The molecule has 5 nitrogen and oxygen atoms in total. The van der Waals surface area contributed by atoms with Gasteiger partial charge < -0.3 is 14.6 Å². The number of esters is 1. The Balaban J connectivity index is 1.68. The molecule has 2 aromatic carbocycles. The Bertz CT molecular complexity index is 1100. The van der Waals surface area contributed by atoms with Gasteiger partial charge in [-0.1, -0.05) is 30.3 Å². The summed E-state index contributed by atoms with van der Waals surface area (Å²) >= 11 is 0. The number of rotatable bonds is 6. The van der Waals surface area contributed by atoms with E-state index in [9.17, 15) is 36.2 Å². The van der Waals surface area contributed by atoms with Crippen molar-refractivity contribution in [3.05, 3.63) is 70.8 Å². The molecule has 2 heterocycles. The second kappa shape index (κ2) is 9.59. The molecule has 11 heteroatoms. The fraction of sp³-hybridized carbons (Fsp3) is 0.500. The molecule has 37 heavy (non-hydrogen) atoms. The Labute approximate surface area is 210 Å². The van der Waals surface area contributed by atoms with Crippen LogP contribution >= 0.6 is 0 Å². The molecule has 1 N–H and O–H groups in total. The standard InChI is InChI=1S/C26H27F6NO4/c1-16(18-10-20(25(27,28)29)12-21(11-18)26(30,31)32)36-15-23(19-6-4-3-5-7-19)8-9-24(17(2)34)14-33(23)13-22(35)37-24/h3-7,10-12,16-17,34H,8-9,13-15H2,1-2H3/t16-,17?,23-,24+/m1/s1. The van der Waals surface area contributed by atoms with Gasteiger partial charge in [-0.15, -0.1) is 0 Å². The molecule has 2 aliphatic rings. The van der Waals surface area contributed by atoms with Crippen LogP contribution in [0.25, 0.3) is 0 Å². The lowest BCUT2D eigenvalue weighted by Crippen LogP contribution is -2.69. The van der Waals surface area contributed by atoms with Crippen molar-refractivity contribution in [3.63, 3.8) is 0 Å². The minimum atomic E-state index is -4.97. The van der Waals surface area contributed by atoms with Gasteiger partial charge in [-0.3, -0.25) is 9.69 Å². The molecular weight excluding hydrogens is 504 g/mol. The number of carbonyl (C=O) groups excluding carboxylic acids is 1. The Morgan fingerprint density at radius 2 is 1.59 bits per heavy atom. The fourth-order valence-corrected chi connectivity index (χ4v) is 5.16. The third-order valence-electron chi connectivity index (χ3n) is 7.39. The minimum absolute atomic E-state index is 0.0812. The van der Waals surface area contributed by atoms with Crippen molar-refractivity contribution in [2.75, 3.05) is 19.7 Å². The molecule has 2 saturated heterocycles. The zero-order valence-corrected chi connectivity index (χ0v) is 20.2. The molecule has 0 aliphatic carbocycles. The summed E-state index contributed by atoms with van der Waals surface area (Å²) in [6.07, 6.45) is -11.3. The fourth-order valence-electron chi connectivity index (χ4n) is 5.16. The van der Waals surface area contributed by atoms with Gasteiger partial charge in [0.2, 0.25) is 0 Å². The summed E-state index contributed by atoms with van der Waals surface area (Å²) < 4.78 is 91.7. The summed E-state index contributed by atoms with van der Waals surface area (Å²) in [5.41, 5.74) is -4.34. The molecular formula is C26H27F6NO4. The Hall–Kier alpha value is -2.63. The summed E-state index contributed by atoms with van der Waals surface area (Å²) in [4.78, 5) is 14.3. The van der Waals surface area contributed by atoms with Crippen LogP contribution in [-0.2, 0) is 32.2 Å². The maximum absolute atomic E-state index is 13.4. The number of carbonyl (C=O) groups is 1. The summed E-state index contributed by atoms with van der Waals surface area (Å²) in [7, 11) is 0. The van der Waals surface area contributed by atoms with Crippen molar-refractivity contribution in [2.24, 2.45) is 0 Å². The van der Waals surface area contributed by atoms with E-state index in [0.29, 0.717) is 25.0 Å². The van der Waals surface area contributed by atoms with Crippen LogP contribution in [0.2, 0.25) is 0 Å². The number of fused-ring (bicyclic) bond motifs is 2. The summed E-state index contributed by atoms with van der Waals surface area (Å²) in [6, 6.07) is 10.4. The minimum Gasteiger partial charge on any atom is -0.454 e. The number of benzene rings is 2. The molecule has 0 aromatic heterocycles. The Kier molecular flexibility index (Phi) is 7.11. The third kappa shape index (κ3) is 5.35. The second-order valence-corrected chi connectivity index (χ2v) is 9.76. The second-order valence-electron chi connectivity index (χ2n) is 9.76. The largest absolute Gasteiger partial charge is 0.454 e. The van der Waals surface area contributed by atoms with E-state index < -0.39 is 52.8 Å². The maximum Gasteiger partial charge on any atom is 0.416 e. The van der Waals surface area contributed by atoms with Gasteiger partial charge >= 0.3 is 18.3 Å². The number of piperidine rings is 1. The number of hydrogen-bond donors (Lipinski definition) is 1. The number of aliphatic hydroxyl groups is 1. The van der Waals surface area contributed by atoms with Gasteiger partial charge in [0.25, 0.3) is 0 Å². The summed E-state index contributed by atoms with van der Waals surface area (Å²) in [6.45, 7) is 2.91. The molecule has 0 amide bonds. The van der Waals surface area contributed by atoms with Crippen LogP contribution in [0.4, 0.5) is 26.3 Å². The quantitative estimate of drug-likeness (QED) is 0.396. The molecule has 2 aromatic rings. The number of nitrogens with zero attached hydrogens (tertiary/aromatic N) is 1. The van der Waals surface area contributed by atoms with E-state index in [1.165, 1.54) is 13.8 Å². The first-order chi connectivity index (χ1) is 17.2. The molecule has 2 fully saturated rings. The van der Waals surface area contributed by atoms with Crippen LogP contribution in [0.1, 0.15) is 55.0 Å². The van der Waals surface area contributed by atoms with Crippen LogP contribution in [-0.4, -0.2) is 47.4 Å². The predicted molar refractivity (Wildman–Crippen MR) is 120 cm³/mol. The first-order valence-electron chi connectivity index (χ1n) is 11.8. The molecule has 4 rings (SSSR count). The first-order valence-corrected chi connectivity index (χ1v) is 11.8. The van der Waals surface area contributed by atoms with Crippen molar-refractivity contribution < 1.29 is 45.7 Å². The van der Waals surface area contributed by atoms with E-state index in [2.05, 4.69) is 0 Å². The van der Waals surface area contributed by atoms with Crippen molar-refractivity contribution in [1.82, 2.24) is 4.90 Å². The van der Waals surface area contributed by atoms with Crippen molar-refractivity contribution in [2.45, 2.75) is 62.4 Å². The van der Waals surface area contributed by atoms with Gasteiger partial charge in [0.15, 0.2) is 5.60 Å². The highest BCUT2D eigenvalue weighted by Gasteiger charge is 2.56. The number of halogens is 6. The highest BCUT2D eigenvalue weighted by atomic mass is 19.4. The molecule has 5 atom stereocenters. The van der Waals surface area contributed by atoms with Crippen LogP contribution in [0.5, 0.6) is 0 Å². The molecule has 0 saturated carbocycles. The first kappa shape index (κ1) is 27.4. The van der Waals surface area contributed by atoms with Gasteiger partial charge in [0.1, 0.15) is 0 Å². The van der Waals surface area contributed by atoms with Crippen molar-refractivity contribution in [1.29, 1.82) is 0 Å². The molecule has 2 bridgehead atoms. The van der Waals surface area contributed by atoms with Crippen LogP contribution in [0, 0.1) is 0 Å². The van der Waals surface area contributed by atoms with E-state index in [4.69, 9.17) is 9.47 Å². The summed E-state index contributed by atoms with van der Waals surface area (Å²) in [5, 5.41) is 10.4. The van der Waals surface area contributed by atoms with Gasteiger partial charge in [-0.05, 0) is 56.0 Å². The predicted octanol–water partition coefficient (Wildman–Crippen LogP) is 5.47. The zero-order chi connectivity index (χ0) is 27.2. The van der Waals surface area contributed by atoms with Crippen LogP contribution in [0.15, 0.2) is 48.5 Å². The Morgan fingerprint density at radius 3 is 2.14 bits per heavy atom. The van der Waals surface area contributed by atoms with E-state index >= 15 is 0 Å². The number of aliphatic hydroxyl groups excluding tert-OH is 1. The van der Waals surface area contributed by atoms with Crippen molar-refractivity contribution in [3.8, 4) is 0 Å². The van der Waals surface area contributed by atoms with Gasteiger partial charge in [0, 0.05) is 6.54 Å². The molecule has 2 aliphatic heterocycles. The maximum atomic E-state index is 13.4. The topological polar surface area (TPSA) is 59.0 Å². The molecule has 202 valence electrons. The number of morpholine rings is 1. The zero-order valence-electron chi connectivity index (χ0n) is 20.2. The SMILES string of the molecule is CC(O)[C@@]12CC[C@@](CO[C@H](C)c3cc(C(F)(F)F)cc(C(F)(F)F)c3)(c3ccccc3)N(CC(=O)O1)C2. The number of hydrogen-bond acceptors (Lipinski definition) is 5. The summed E-state index contributed by atoms with van der Waals surface area (Å²) in [5.74, 6) is -0.534. The lowest BCUT2D eigenvalue weighted by Gasteiger charge is -2.56. The Morgan fingerprint density at radius 1 is 1.00 bits per heavy atom. The van der Waals surface area contributed by atoms with Crippen molar-refractivity contribution >= 4 is 5.97 Å². The molecule has 0 spiro atoms. The lowest BCUT2D eigenvalue weighted by molar-refractivity contribution is -0.222. The van der Waals surface area contributed by atoms with E-state index in [0.717, 1.165) is 5.56 Å². The highest BCUT2D eigenvalue weighted by Crippen LogP contribution is 2.46. The number of ether oxygens (including phenoxy) is 2. The third-order valence-corrected chi connectivity index (χ3v) is 7.39. The normalized spacial score (nSPS) is 27.9. The monoisotopic (exact) mass is 531 g/mol. The smallest absolute Gasteiger partial charge is 0.416 e. The molecule has 0 radical (unpaired) electrons. The van der Waals surface area contributed by atoms with E-state index in [-0.39, 0.29) is 31.3 Å². The van der Waals surface area contributed by atoms with Gasteiger partial charge in [-0.25, -0.2) is 0 Å². The van der Waals surface area contributed by atoms with Crippen LogP contribution < -0.4 is 0 Å². The average molecular weight is 531 g/mol. The number of alkyl halides is 6.